The number of hydrogen-bond acceptors (Lipinski definition) is 0. The maximum Gasteiger partial charge on any atom is -0.0116 e. The van der Waals surface area contributed by atoms with E-state index in [0.717, 1.165) is 5.92 Å². The average molecular weight is 206 g/mol. The molecule has 0 saturated carbocycles. The van der Waals surface area contributed by atoms with E-state index in [-0.39, 0.29) is 0 Å². The van der Waals surface area contributed by atoms with Crippen LogP contribution in [0.25, 0.3) is 0 Å². The Hall–Kier alpha value is -0.260. The molecule has 0 amide bonds. The van der Waals surface area contributed by atoms with Gasteiger partial charge >= 0.3 is 0 Å². The van der Waals surface area contributed by atoms with Gasteiger partial charge in [-0.15, -0.1) is 0 Å². The molecule has 0 radical (unpaired) electrons. The summed E-state index contributed by atoms with van der Waals surface area (Å²) in [5.74, 6) is 0.837. The van der Waals surface area contributed by atoms with Gasteiger partial charge in [0.2, 0.25) is 0 Å². The molecule has 86 valence electrons. The van der Waals surface area contributed by atoms with Crippen molar-refractivity contribution in [3.8, 4) is 0 Å². The smallest absolute Gasteiger partial charge is 0.0116 e. The SMILES string of the molecule is CC1CC(C)(C)C2=C(CCCC2)C1(C)C. The molecule has 0 bridgehead atoms. The molecular formula is C15H26. The third-order valence-corrected chi connectivity index (χ3v) is 5.11. The number of rotatable bonds is 0. The van der Waals surface area contributed by atoms with Gasteiger partial charge in [-0.1, -0.05) is 45.8 Å². The molecule has 0 saturated heterocycles. The first-order chi connectivity index (χ1) is 6.86. The minimum atomic E-state index is 0.464. The van der Waals surface area contributed by atoms with E-state index in [1.807, 2.05) is 11.1 Å². The van der Waals surface area contributed by atoms with Crippen molar-refractivity contribution in [1.82, 2.24) is 0 Å². The summed E-state index contributed by atoms with van der Waals surface area (Å²) < 4.78 is 0. The predicted octanol–water partition coefficient (Wildman–Crippen LogP) is 4.95. The predicted molar refractivity (Wildman–Crippen MR) is 66.8 cm³/mol. The van der Waals surface area contributed by atoms with Crippen LogP contribution in [0, 0.1) is 16.7 Å². The molecule has 0 spiro atoms. The van der Waals surface area contributed by atoms with Crippen molar-refractivity contribution in [1.29, 1.82) is 0 Å². The summed E-state index contributed by atoms with van der Waals surface area (Å²) in [6, 6.07) is 0. The van der Waals surface area contributed by atoms with Crippen LogP contribution in [0.5, 0.6) is 0 Å². The van der Waals surface area contributed by atoms with E-state index >= 15 is 0 Å². The zero-order valence-corrected chi connectivity index (χ0v) is 11.1. The Morgan fingerprint density at radius 1 is 0.933 bits per heavy atom. The fourth-order valence-corrected chi connectivity index (χ4v) is 3.80. The molecule has 2 aliphatic rings. The molecule has 0 N–H and O–H groups in total. The highest BCUT2D eigenvalue weighted by Gasteiger charge is 2.43. The summed E-state index contributed by atoms with van der Waals surface area (Å²) in [7, 11) is 0. The molecule has 0 heteroatoms. The first-order valence-electron chi connectivity index (χ1n) is 6.58. The van der Waals surface area contributed by atoms with E-state index < -0.39 is 0 Å². The van der Waals surface area contributed by atoms with Crippen LogP contribution in [0.4, 0.5) is 0 Å². The van der Waals surface area contributed by atoms with Gasteiger partial charge < -0.3 is 0 Å². The van der Waals surface area contributed by atoms with Crippen LogP contribution in [-0.2, 0) is 0 Å². The van der Waals surface area contributed by atoms with Gasteiger partial charge in [0.05, 0.1) is 0 Å². The van der Waals surface area contributed by atoms with Crippen LogP contribution in [0.15, 0.2) is 11.1 Å². The lowest BCUT2D eigenvalue weighted by Crippen LogP contribution is -2.38. The largest absolute Gasteiger partial charge is 0.0648 e. The molecule has 1 atom stereocenters. The first-order valence-corrected chi connectivity index (χ1v) is 6.58. The molecule has 0 aromatic heterocycles. The van der Waals surface area contributed by atoms with Crippen molar-refractivity contribution >= 4 is 0 Å². The van der Waals surface area contributed by atoms with Crippen LogP contribution < -0.4 is 0 Å². The summed E-state index contributed by atoms with van der Waals surface area (Å²) in [6.45, 7) is 12.3. The van der Waals surface area contributed by atoms with Crippen LogP contribution in [0.1, 0.15) is 66.7 Å². The Morgan fingerprint density at radius 3 is 2.07 bits per heavy atom. The normalized spacial score (nSPS) is 33.8. The number of allylic oxidation sites excluding steroid dienone is 2. The van der Waals surface area contributed by atoms with E-state index in [1.165, 1.54) is 32.1 Å². The Labute approximate surface area is 95.1 Å². The van der Waals surface area contributed by atoms with Crippen molar-refractivity contribution in [2.24, 2.45) is 16.7 Å². The molecule has 0 fully saturated rings. The Kier molecular flexibility index (Phi) is 2.52. The fourth-order valence-electron chi connectivity index (χ4n) is 3.80. The summed E-state index contributed by atoms with van der Waals surface area (Å²) in [4.78, 5) is 0. The lowest BCUT2D eigenvalue weighted by atomic mass is 9.55. The fraction of sp³-hybridized carbons (Fsp3) is 0.867. The Balaban J connectivity index is 2.49. The lowest BCUT2D eigenvalue weighted by Gasteiger charge is -2.50. The first kappa shape index (κ1) is 11.2. The van der Waals surface area contributed by atoms with E-state index in [0.29, 0.717) is 10.8 Å². The summed E-state index contributed by atoms with van der Waals surface area (Å²) >= 11 is 0. The molecule has 2 rings (SSSR count). The Morgan fingerprint density at radius 2 is 1.47 bits per heavy atom. The molecule has 15 heavy (non-hydrogen) atoms. The monoisotopic (exact) mass is 206 g/mol. The molecular weight excluding hydrogens is 180 g/mol. The average Bonchev–Trinajstić information content (AvgIpc) is 2.15. The topological polar surface area (TPSA) is 0 Å². The van der Waals surface area contributed by atoms with Gasteiger partial charge in [0.15, 0.2) is 0 Å². The molecule has 1 unspecified atom stereocenters. The van der Waals surface area contributed by atoms with Gasteiger partial charge in [0, 0.05) is 0 Å². The maximum absolute atomic E-state index is 2.47. The summed E-state index contributed by atoms with van der Waals surface area (Å²) in [5.41, 5.74) is 4.57. The van der Waals surface area contributed by atoms with Gasteiger partial charge in [-0.25, -0.2) is 0 Å². The van der Waals surface area contributed by atoms with Gasteiger partial charge in [-0.2, -0.15) is 0 Å². The summed E-state index contributed by atoms with van der Waals surface area (Å²) in [5, 5.41) is 0. The zero-order chi connectivity index (χ0) is 11.3. The second-order valence-corrected chi connectivity index (χ2v) is 6.87. The highest BCUT2D eigenvalue weighted by Crippen LogP contribution is 2.55. The zero-order valence-electron chi connectivity index (χ0n) is 11.1. The Bertz CT molecular complexity index is 291. The molecule has 0 aliphatic heterocycles. The van der Waals surface area contributed by atoms with Crippen LogP contribution in [-0.4, -0.2) is 0 Å². The second kappa shape index (κ2) is 3.37. The van der Waals surface area contributed by atoms with E-state index in [4.69, 9.17) is 0 Å². The van der Waals surface area contributed by atoms with Crippen LogP contribution >= 0.6 is 0 Å². The van der Waals surface area contributed by atoms with Crippen molar-refractivity contribution < 1.29 is 0 Å². The highest BCUT2D eigenvalue weighted by molar-refractivity contribution is 5.31. The maximum atomic E-state index is 2.47. The van der Waals surface area contributed by atoms with Gasteiger partial charge in [0.25, 0.3) is 0 Å². The van der Waals surface area contributed by atoms with Gasteiger partial charge in [-0.05, 0) is 48.9 Å². The standard InChI is InChI=1S/C15H26/c1-11-10-14(2,3)12-8-6-7-9-13(12)15(11,4)5/h11H,6-10H2,1-5H3. The lowest BCUT2D eigenvalue weighted by molar-refractivity contribution is 0.157. The molecule has 0 heterocycles. The molecule has 0 aromatic rings. The van der Waals surface area contributed by atoms with Crippen LogP contribution in [0.2, 0.25) is 0 Å². The third-order valence-electron chi connectivity index (χ3n) is 5.11. The number of hydrogen-bond donors (Lipinski definition) is 0. The quantitative estimate of drug-likeness (QED) is 0.492. The molecule has 0 nitrogen and oxygen atoms in total. The van der Waals surface area contributed by atoms with Gasteiger partial charge in [0.1, 0.15) is 0 Å². The van der Waals surface area contributed by atoms with E-state index in [1.54, 1.807) is 0 Å². The second-order valence-electron chi connectivity index (χ2n) is 6.87. The highest BCUT2D eigenvalue weighted by atomic mass is 14.5. The molecule has 0 aromatic carbocycles. The van der Waals surface area contributed by atoms with Gasteiger partial charge in [-0.3, -0.25) is 0 Å². The summed E-state index contributed by atoms with van der Waals surface area (Å²) in [6.07, 6.45) is 6.96. The third kappa shape index (κ3) is 1.66. The van der Waals surface area contributed by atoms with Crippen molar-refractivity contribution in [3.63, 3.8) is 0 Å². The van der Waals surface area contributed by atoms with Crippen molar-refractivity contribution in [2.75, 3.05) is 0 Å². The van der Waals surface area contributed by atoms with Crippen molar-refractivity contribution in [2.45, 2.75) is 66.7 Å². The van der Waals surface area contributed by atoms with E-state index in [9.17, 15) is 0 Å². The molecule has 2 aliphatic carbocycles. The minimum Gasteiger partial charge on any atom is -0.0648 e. The minimum absolute atomic E-state index is 0.464. The van der Waals surface area contributed by atoms with E-state index in [2.05, 4.69) is 34.6 Å². The van der Waals surface area contributed by atoms with Crippen molar-refractivity contribution in [3.05, 3.63) is 11.1 Å². The van der Waals surface area contributed by atoms with Crippen LogP contribution in [0.3, 0.4) is 0 Å².